The number of hydrogen-bond acceptors (Lipinski definition) is 6. The Morgan fingerprint density at radius 2 is 2.03 bits per heavy atom. The molecule has 3 heterocycles. The highest BCUT2D eigenvalue weighted by Crippen LogP contribution is 2.34. The lowest BCUT2D eigenvalue weighted by Gasteiger charge is -2.45. The van der Waals surface area contributed by atoms with Crippen LogP contribution in [0.1, 0.15) is 28.3 Å². The van der Waals surface area contributed by atoms with Crippen molar-refractivity contribution in [1.82, 2.24) is 24.5 Å². The van der Waals surface area contributed by atoms with Crippen molar-refractivity contribution in [1.29, 1.82) is 0 Å². The summed E-state index contributed by atoms with van der Waals surface area (Å²) in [6.07, 6.45) is 1.54. The van der Waals surface area contributed by atoms with E-state index in [1.165, 1.54) is 16.5 Å². The van der Waals surface area contributed by atoms with Gasteiger partial charge in [-0.2, -0.15) is 0 Å². The largest absolute Gasteiger partial charge is 0.396 e. The first-order chi connectivity index (χ1) is 13.9. The van der Waals surface area contributed by atoms with Crippen LogP contribution < -0.4 is 0 Å². The summed E-state index contributed by atoms with van der Waals surface area (Å²) in [6, 6.07) is 7.70. The molecule has 1 aromatic carbocycles. The highest BCUT2D eigenvalue weighted by molar-refractivity contribution is 5.91. The summed E-state index contributed by atoms with van der Waals surface area (Å²) >= 11 is 0. The number of benzene rings is 1. The molecule has 152 valence electrons. The number of carbonyl (C=O) groups excluding carboxylic acids is 1. The Morgan fingerprint density at radius 1 is 1.28 bits per heavy atom. The van der Waals surface area contributed by atoms with Crippen molar-refractivity contribution in [3.63, 3.8) is 0 Å². The standard InChI is InChI=1S/C20H22FN5O3/c1-13-6-9-26-17(23-24-19(26)22-13)18(29)25-8-7-16(28)20(11-25,12-27)10-14-2-4-15(21)5-3-14/h2-6,9,16,27-28H,7-8,10-12H2,1H3/t16-,20-/m0/s1. The number of halogens is 1. The second kappa shape index (κ2) is 7.49. The van der Waals surface area contributed by atoms with Gasteiger partial charge in [0.15, 0.2) is 0 Å². The molecule has 2 atom stereocenters. The van der Waals surface area contributed by atoms with Crippen molar-refractivity contribution in [2.75, 3.05) is 19.7 Å². The molecule has 9 heteroatoms. The monoisotopic (exact) mass is 399 g/mol. The summed E-state index contributed by atoms with van der Waals surface area (Å²) in [5.74, 6) is -0.218. The van der Waals surface area contributed by atoms with Gasteiger partial charge in [-0.05, 0) is 43.5 Å². The van der Waals surface area contributed by atoms with Gasteiger partial charge < -0.3 is 15.1 Å². The summed E-state index contributed by atoms with van der Waals surface area (Å²) in [4.78, 5) is 19.0. The van der Waals surface area contributed by atoms with E-state index in [9.17, 15) is 19.4 Å². The molecule has 4 rings (SSSR count). The molecule has 1 amide bonds. The zero-order chi connectivity index (χ0) is 20.6. The molecule has 0 saturated carbocycles. The van der Waals surface area contributed by atoms with Crippen LogP contribution >= 0.6 is 0 Å². The average molecular weight is 399 g/mol. The number of aromatic nitrogens is 4. The van der Waals surface area contributed by atoms with E-state index >= 15 is 0 Å². The van der Waals surface area contributed by atoms with E-state index < -0.39 is 11.5 Å². The highest BCUT2D eigenvalue weighted by atomic mass is 19.1. The molecule has 1 fully saturated rings. The van der Waals surface area contributed by atoms with Gasteiger partial charge in [-0.25, -0.2) is 9.37 Å². The lowest BCUT2D eigenvalue weighted by Crippen LogP contribution is -2.56. The fourth-order valence-electron chi connectivity index (χ4n) is 3.88. The summed E-state index contributed by atoms with van der Waals surface area (Å²) in [7, 11) is 0. The molecule has 29 heavy (non-hydrogen) atoms. The number of aryl methyl sites for hydroxylation is 1. The predicted molar refractivity (Wildman–Crippen MR) is 102 cm³/mol. The number of piperidine rings is 1. The van der Waals surface area contributed by atoms with Gasteiger partial charge in [-0.1, -0.05) is 12.1 Å². The smallest absolute Gasteiger partial charge is 0.292 e. The van der Waals surface area contributed by atoms with Crippen LogP contribution in [-0.4, -0.2) is 66.4 Å². The Balaban J connectivity index is 1.61. The van der Waals surface area contributed by atoms with Gasteiger partial charge in [-0.15, -0.1) is 10.2 Å². The maximum Gasteiger partial charge on any atom is 0.292 e. The lowest BCUT2D eigenvalue weighted by molar-refractivity contribution is -0.0671. The minimum atomic E-state index is -0.943. The topological polar surface area (TPSA) is 104 Å². The van der Waals surface area contributed by atoms with E-state index in [4.69, 9.17) is 0 Å². The maximum atomic E-state index is 13.2. The molecular weight excluding hydrogens is 377 g/mol. The minimum absolute atomic E-state index is 0.137. The molecule has 0 aliphatic carbocycles. The van der Waals surface area contributed by atoms with Gasteiger partial charge in [0.1, 0.15) is 5.82 Å². The van der Waals surface area contributed by atoms with Crippen LogP contribution in [0.15, 0.2) is 36.5 Å². The van der Waals surface area contributed by atoms with Crippen molar-refractivity contribution >= 4 is 11.7 Å². The first-order valence-corrected chi connectivity index (χ1v) is 9.43. The molecule has 3 aromatic rings. The third kappa shape index (κ3) is 3.58. The Hall–Kier alpha value is -2.91. The highest BCUT2D eigenvalue weighted by Gasteiger charge is 2.44. The molecule has 1 aliphatic heterocycles. The second-order valence-electron chi connectivity index (χ2n) is 7.62. The number of aliphatic hydroxyl groups excluding tert-OH is 2. The van der Waals surface area contributed by atoms with Crippen molar-refractivity contribution < 1.29 is 19.4 Å². The molecule has 8 nitrogen and oxygen atoms in total. The molecule has 0 radical (unpaired) electrons. The van der Waals surface area contributed by atoms with Gasteiger partial charge in [0.25, 0.3) is 11.7 Å². The van der Waals surface area contributed by atoms with Crippen LogP contribution in [0.3, 0.4) is 0 Å². The fraction of sp³-hybridized carbons (Fsp3) is 0.400. The Labute approximate surface area is 166 Å². The number of rotatable bonds is 4. The van der Waals surface area contributed by atoms with Crippen LogP contribution in [0.5, 0.6) is 0 Å². The number of carbonyl (C=O) groups is 1. The van der Waals surface area contributed by atoms with Gasteiger partial charge >= 0.3 is 0 Å². The van der Waals surface area contributed by atoms with E-state index in [0.29, 0.717) is 25.2 Å². The molecule has 2 N–H and O–H groups in total. The van der Waals surface area contributed by atoms with Gasteiger partial charge in [0.2, 0.25) is 5.82 Å². The van der Waals surface area contributed by atoms with E-state index in [0.717, 1.165) is 11.3 Å². The van der Waals surface area contributed by atoms with Crippen molar-refractivity contribution in [2.45, 2.75) is 25.9 Å². The van der Waals surface area contributed by atoms with Crippen LogP contribution in [0.4, 0.5) is 4.39 Å². The number of nitrogens with zero attached hydrogens (tertiary/aromatic N) is 5. The quantitative estimate of drug-likeness (QED) is 0.678. The van der Waals surface area contributed by atoms with Crippen LogP contribution in [-0.2, 0) is 6.42 Å². The zero-order valence-corrected chi connectivity index (χ0v) is 16.0. The lowest BCUT2D eigenvalue weighted by atomic mass is 9.73. The number of likely N-dealkylation sites (tertiary alicyclic amines) is 1. The van der Waals surface area contributed by atoms with E-state index in [1.54, 1.807) is 29.3 Å². The molecule has 0 spiro atoms. The van der Waals surface area contributed by atoms with E-state index in [1.807, 2.05) is 6.92 Å². The number of amides is 1. The maximum absolute atomic E-state index is 13.2. The number of fused-ring (bicyclic) bond motifs is 1. The Morgan fingerprint density at radius 3 is 2.76 bits per heavy atom. The zero-order valence-electron chi connectivity index (χ0n) is 16.0. The van der Waals surface area contributed by atoms with Crippen molar-refractivity contribution in [3.8, 4) is 0 Å². The van der Waals surface area contributed by atoms with Crippen molar-refractivity contribution in [2.24, 2.45) is 5.41 Å². The summed E-state index contributed by atoms with van der Waals surface area (Å²) in [5, 5.41) is 28.8. The van der Waals surface area contributed by atoms with Gasteiger partial charge in [-0.3, -0.25) is 9.20 Å². The first-order valence-electron chi connectivity index (χ1n) is 9.43. The average Bonchev–Trinajstić information content (AvgIpc) is 3.13. The Bertz CT molecular complexity index is 1040. The molecule has 0 unspecified atom stereocenters. The first kappa shape index (κ1) is 19.4. The number of hydrogen-bond donors (Lipinski definition) is 2. The van der Waals surface area contributed by atoms with Crippen molar-refractivity contribution in [3.05, 3.63) is 59.4 Å². The molecule has 0 bridgehead atoms. The third-order valence-corrected chi connectivity index (χ3v) is 5.57. The van der Waals surface area contributed by atoms with Gasteiger partial charge in [0, 0.05) is 30.4 Å². The normalized spacial score (nSPS) is 22.2. The third-order valence-electron chi connectivity index (χ3n) is 5.57. The van der Waals surface area contributed by atoms with Crippen LogP contribution in [0.2, 0.25) is 0 Å². The summed E-state index contributed by atoms with van der Waals surface area (Å²) < 4.78 is 14.8. The SMILES string of the molecule is Cc1ccn2c(C(=O)N3CC[C@H](O)[C@@](CO)(Cc4ccc(F)cc4)C3)nnc2n1. The predicted octanol–water partition coefficient (Wildman–Crippen LogP) is 1.00. The summed E-state index contributed by atoms with van der Waals surface area (Å²) in [5.41, 5.74) is 0.603. The molecule has 1 aliphatic rings. The Kier molecular flexibility index (Phi) is 5.01. The van der Waals surface area contributed by atoms with E-state index in [2.05, 4.69) is 15.2 Å². The van der Waals surface area contributed by atoms with Crippen LogP contribution in [0, 0.1) is 18.2 Å². The molecule has 1 saturated heterocycles. The van der Waals surface area contributed by atoms with E-state index in [-0.39, 0.29) is 30.7 Å². The minimum Gasteiger partial charge on any atom is -0.396 e. The fourth-order valence-corrected chi connectivity index (χ4v) is 3.88. The second-order valence-corrected chi connectivity index (χ2v) is 7.62. The van der Waals surface area contributed by atoms with Gasteiger partial charge in [0.05, 0.1) is 12.7 Å². The molecule has 2 aromatic heterocycles. The van der Waals surface area contributed by atoms with Crippen LogP contribution in [0.25, 0.3) is 5.78 Å². The summed E-state index contributed by atoms with van der Waals surface area (Å²) in [6.45, 7) is 2.00. The number of aliphatic hydroxyl groups is 2. The molecular formula is C20H22FN5O3.